The largest absolute Gasteiger partial charge is 0.372 e. The molecule has 3 aliphatic rings. The van der Waals surface area contributed by atoms with Crippen molar-refractivity contribution in [1.29, 1.82) is 0 Å². The molecule has 5 atom stereocenters. The topological polar surface area (TPSA) is 54.3 Å². The smallest absolute Gasteiger partial charge is 0.308 e. The maximum atomic E-state index is 13.3. The number of nitrogens with one attached hydrogen (secondary N) is 1. The van der Waals surface area contributed by atoms with Gasteiger partial charge in [-0.15, -0.1) is 11.8 Å². The van der Waals surface area contributed by atoms with Crippen LogP contribution < -0.4 is 15.1 Å². The van der Waals surface area contributed by atoms with Crippen LogP contribution >= 0.6 is 34.7 Å². The van der Waals surface area contributed by atoms with Crippen LogP contribution in [0.4, 0.5) is 11.4 Å². The first-order chi connectivity index (χ1) is 18.0. The summed E-state index contributed by atoms with van der Waals surface area (Å²) in [5, 5.41) is 5.06. The Morgan fingerprint density at radius 3 is 2.46 bits per heavy atom. The number of nitrogens with zero attached hydrogens (tertiary/aromatic N) is 2. The van der Waals surface area contributed by atoms with Crippen LogP contribution in [0.1, 0.15) is 49.5 Å². The first-order valence-electron chi connectivity index (χ1n) is 13.3. The van der Waals surface area contributed by atoms with Crippen LogP contribution in [-0.2, 0) is 11.3 Å². The van der Waals surface area contributed by atoms with Crippen molar-refractivity contribution in [3.8, 4) is 0 Å². The number of rotatable bonds is 7. The third-order valence-corrected chi connectivity index (χ3v) is 11.6. The quantitative estimate of drug-likeness (QED) is 0.354. The minimum Gasteiger partial charge on any atom is -0.372 e. The Labute approximate surface area is 231 Å². The van der Waals surface area contributed by atoms with Crippen molar-refractivity contribution in [1.82, 2.24) is 4.57 Å². The molecule has 0 saturated heterocycles. The number of anilines is 2. The zero-order valence-electron chi connectivity index (χ0n) is 21.2. The molecule has 0 radical (unpaired) electrons. The SMILES string of the molecule is CCN(CC)c1ccc([C@H]2c3sc(=O)n(CC(=O)Nc4ccc(Cl)cc4)c3SC3C4CCC(C4)C32)cc1. The van der Waals surface area contributed by atoms with E-state index in [1.54, 1.807) is 28.8 Å². The minimum atomic E-state index is -0.194. The van der Waals surface area contributed by atoms with Crippen LogP contribution in [0.15, 0.2) is 58.4 Å². The summed E-state index contributed by atoms with van der Waals surface area (Å²) in [6.07, 6.45) is 3.88. The van der Waals surface area contributed by atoms with Gasteiger partial charge in [0.25, 0.3) is 0 Å². The molecule has 2 aromatic carbocycles. The summed E-state index contributed by atoms with van der Waals surface area (Å²) in [7, 11) is 0. The third kappa shape index (κ3) is 4.53. The predicted molar refractivity (Wildman–Crippen MR) is 154 cm³/mol. The van der Waals surface area contributed by atoms with Crippen LogP contribution in [0.3, 0.4) is 0 Å². The minimum absolute atomic E-state index is 0.0272. The highest BCUT2D eigenvalue weighted by atomic mass is 35.5. The summed E-state index contributed by atoms with van der Waals surface area (Å²) < 4.78 is 1.72. The van der Waals surface area contributed by atoms with E-state index in [2.05, 4.69) is 48.3 Å². The first-order valence-corrected chi connectivity index (χ1v) is 15.3. The zero-order chi connectivity index (χ0) is 25.7. The van der Waals surface area contributed by atoms with E-state index in [4.69, 9.17) is 11.6 Å². The van der Waals surface area contributed by atoms with Gasteiger partial charge in [0.2, 0.25) is 5.91 Å². The molecule has 4 unspecified atom stereocenters. The van der Waals surface area contributed by atoms with Gasteiger partial charge in [0, 0.05) is 45.5 Å². The molecular weight excluding hydrogens is 522 g/mol. The van der Waals surface area contributed by atoms with E-state index in [0.717, 1.165) is 28.9 Å². The number of amides is 1. The molecule has 3 aromatic rings. The van der Waals surface area contributed by atoms with Crippen molar-refractivity contribution >= 4 is 52.0 Å². The van der Waals surface area contributed by atoms with Crippen LogP contribution in [-0.4, -0.2) is 28.8 Å². The van der Waals surface area contributed by atoms with Crippen molar-refractivity contribution in [2.75, 3.05) is 23.3 Å². The van der Waals surface area contributed by atoms with Crippen molar-refractivity contribution in [3.63, 3.8) is 0 Å². The van der Waals surface area contributed by atoms with Crippen molar-refractivity contribution < 1.29 is 4.79 Å². The average molecular weight is 554 g/mol. The van der Waals surface area contributed by atoms with Gasteiger partial charge >= 0.3 is 4.87 Å². The van der Waals surface area contributed by atoms with Crippen molar-refractivity contribution in [2.24, 2.45) is 17.8 Å². The fraction of sp³-hybridized carbons (Fsp3) is 0.448. The standard InChI is InChI=1S/C29H32ClN3O2S2/c1-3-32(4-2)22-13-7-17(8-14-22)24-25-18-5-6-19(15-18)26(25)36-28-27(24)37-29(35)33(28)16-23(34)31-21-11-9-20(30)10-12-21/h7-14,18-19,24-26H,3-6,15-16H2,1-2H3,(H,31,34)/t18?,19?,24-,25?,26?/m1/s1. The summed E-state index contributed by atoms with van der Waals surface area (Å²) in [6, 6.07) is 16.1. The molecule has 5 nitrogen and oxygen atoms in total. The maximum absolute atomic E-state index is 13.3. The lowest BCUT2D eigenvalue weighted by Crippen LogP contribution is -2.35. The summed E-state index contributed by atoms with van der Waals surface area (Å²) in [6.45, 7) is 6.36. The Bertz CT molecular complexity index is 1350. The van der Waals surface area contributed by atoms with E-state index in [9.17, 15) is 9.59 Å². The molecule has 2 heterocycles. The highest BCUT2D eigenvalue weighted by Gasteiger charge is 2.55. The Kier molecular flexibility index (Phi) is 6.88. The van der Waals surface area contributed by atoms with E-state index < -0.39 is 0 Å². The molecule has 37 heavy (non-hydrogen) atoms. The number of carbonyl (C=O) groups is 1. The van der Waals surface area contributed by atoms with Crippen molar-refractivity contribution in [2.45, 2.75) is 55.8 Å². The summed E-state index contributed by atoms with van der Waals surface area (Å²) >= 11 is 9.19. The summed E-state index contributed by atoms with van der Waals surface area (Å²) in [5.41, 5.74) is 3.23. The number of thiazole rings is 1. The molecular formula is C29H32ClN3O2S2. The van der Waals surface area contributed by atoms with E-state index in [1.165, 1.54) is 41.9 Å². The second kappa shape index (κ2) is 10.2. The van der Waals surface area contributed by atoms with E-state index >= 15 is 0 Å². The van der Waals surface area contributed by atoms with Gasteiger partial charge in [-0.2, -0.15) is 0 Å². The number of fused-ring (bicyclic) bond motifs is 6. The van der Waals surface area contributed by atoms with Gasteiger partial charge in [0.15, 0.2) is 0 Å². The van der Waals surface area contributed by atoms with Gasteiger partial charge in [-0.3, -0.25) is 14.2 Å². The number of carbonyl (C=O) groups excluding carboxylic acids is 1. The molecule has 1 amide bonds. The fourth-order valence-corrected chi connectivity index (χ4v) is 10.1. The lowest BCUT2D eigenvalue weighted by molar-refractivity contribution is -0.116. The molecule has 194 valence electrons. The molecule has 1 N–H and O–H groups in total. The predicted octanol–water partition coefficient (Wildman–Crippen LogP) is 6.70. The molecule has 2 bridgehead atoms. The highest BCUT2D eigenvalue weighted by molar-refractivity contribution is 8.00. The Balaban J connectivity index is 1.34. The molecule has 2 aliphatic carbocycles. The van der Waals surface area contributed by atoms with Gasteiger partial charge in [-0.1, -0.05) is 35.1 Å². The molecule has 1 aliphatic heterocycles. The van der Waals surface area contributed by atoms with Gasteiger partial charge in [-0.05, 0) is 92.8 Å². The first kappa shape index (κ1) is 25.1. The Hall–Kier alpha value is -2.22. The van der Waals surface area contributed by atoms with Gasteiger partial charge in [-0.25, -0.2) is 0 Å². The number of thioether (sulfide) groups is 1. The van der Waals surface area contributed by atoms with Crippen LogP contribution in [0, 0.1) is 17.8 Å². The molecule has 6 rings (SSSR count). The van der Waals surface area contributed by atoms with Gasteiger partial charge < -0.3 is 10.2 Å². The third-order valence-electron chi connectivity index (χ3n) is 8.50. The van der Waals surface area contributed by atoms with Gasteiger partial charge in [0.1, 0.15) is 6.54 Å². The van der Waals surface area contributed by atoms with Crippen molar-refractivity contribution in [3.05, 3.63) is 73.7 Å². The summed E-state index contributed by atoms with van der Waals surface area (Å²) in [4.78, 5) is 29.7. The number of hydrogen-bond donors (Lipinski definition) is 1. The number of halogens is 1. The van der Waals surface area contributed by atoms with Gasteiger partial charge in [0.05, 0.1) is 5.03 Å². The van der Waals surface area contributed by atoms with Crippen LogP contribution in [0.25, 0.3) is 0 Å². The number of benzene rings is 2. The zero-order valence-corrected chi connectivity index (χ0v) is 23.5. The average Bonchev–Trinajstić information content (AvgIpc) is 3.60. The normalized spacial score (nSPS) is 25.5. The lowest BCUT2D eigenvalue weighted by atomic mass is 9.75. The van der Waals surface area contributed by atoms with Crippen LogP contribution in [0.5, 0.6) is 0 Å². The van der Waals surface area contributed by atoms with E-state index in [1.807, 2.05) is 11.8 Å². The van der Waals surface area contributed by atoms with E-state index in [-0.39, 0.29) is 23.2 Å². The Morgan fingerprint density at radius 2 is 1.76 bits per heavy atom. The monoisotopic (exact) mass is 553 g/mol. The fourth-order valence-electron chi connectivity index (χ4n) is 6.82. The molecule has 8 heteroatoms. The second-order valence-electron chi connectivity index (χ2n) is 10.4. The number of hydrogen-bond acceptors (Lipinski definition) is 5. The second-order valence-corrected chi connectivity index (χ2v) is 13.0. The molecule has 2 saturated carbocycles. The summed E-state index contributed by atoms with van der Waals surface area (Å²) in [5.74, 6) is 2.02. The maximum Gasteiger partial charge on any atom is 0.308 e. The van der Waals surface area contributed by atoms with Crippen LogP contribution in [0.2, 0.25) is 5.02 Å². The molecule has 1 aromatic heterocycles. The number of aromatic nitrogens is 1. The highest BCUT2D eigenvalue weighted by Crippen LogP contribution is 2.64. The Morgan fingerprint density at radius 1 is 1.05 bits per heavy atom. The molecule has 2 fully saturated rings. The van der Waals surface area contributed by atoms with E-state index in [0.29, 0.717) is 27.8 Å². The molecule has 0 spiro atoms. The lowest BCUT2D eigenvalue weighted by Gasteiger charge is -2.40.